The fourth-order valence-electron chi connectivity index (χ4n) is 8.02. The van der Waals surface area contributed by atoms with E-state index in [0.29, 0.717) is 19.6 Å². The van der Waals surface area contributed by atoms with E-state index >= 15 is 0 Å². The highest BCUT2D eigenvalue weighted by Gasteiger charge is 2.54. The first-order valence-electron chi connectivity index (χ1n) is 20.4. The van der Waals surface area contributed by atoms with Gasteiger partial charge in [0.05, 0.1) is 45.7 Å². The highest BCUT2D eigenvalue weighted by molar-refractivity contribution is 5.89. The Bertz CT molecular complexity index is 1990. The second-order valence-corrected chi connectivity index (χ2v) is 15.2. The minimum absolute atomic E-state index is 0.141. The van der Waals surface area contributed by atoms with Crippen LogP contribution in [0, 0.1) is 5.92 Å². The first kappa shape index (κ1) is 41.2. The molecular formula is C49H52O10. The number of carbonyl (C=O) groups is 1. The predicted molar refractivity (Wildman–Crippen MR) is 219 cm³/mol. The van der Waals surface area contributed by atoms with Crippen LogP contribution in [0.3, 0.4) is 0 Å². The molecular weight excluding hydrogens is 749 g/mol. The number of hydrogen-bond donors (Lipinski definition) is 0. The van der Waals surface area contributed by atoms with Gasteiger partial charge < -0.3 is 42.6 Å². The zero-order chi connectivity index (χ0) is 40.2. The van der Waals surface area contributed by atoms with Crippen molar-refractivity contribution in [3.63, 3.8) is 0 Å². The van der Waals surface area contributed by atoms with Crippen molar-refractivity contribution >= 4 is 5.78 Å². The summed E-state index contributed by atoms with van der Waals surface area (Å²) in [6.45, 7) is 1.62. The molecule has 3 fully saturated rings. The van der Waals surface area contributed by atoms with Crippen LogP contribution in [0.25, 0.3) is 0 Å². The van der Waals surface area contributed by atoms with Gasteiger partial charge in [0.15, 0.2) is 18.4 Å². The quantitative estimate of drug-likeness (QED) is 0.0927. The van der Waals surface area contributed by atoms with Crippen molar-refractivity contribution in [1.29, 1.82) is 0 Å². The molecule has 2 saturated heterocycles. The molecule has 3 aliphatic rings. The van der Waals surface area contributed by atoms with Crippen LogP contribution in [0.4, 0.5) is 0 Å². The Morgan fingerprint density at radius 3 is 1.64 bits per heavy atom. The molecule has 1 saturated carbocycles. The van der Waals surface area contributed by atoms with Crippen molar-refractivity contribution < 1.29 is 47.4 Å². The fourth-order valence-corrected chi connectivity index (χ4v) is 8.02. The molecule has 0 unspecified atom stereocenters. The summed E-state index contributed by atoms with van der Waals surface area (Å²) >= 11 is 0. The van der Waals surface area contributed by atoms with Crippen LogP contribution >= 0.6 is 0 Å². The lowest BCUT2D eigenvalue weighted by Crippen LogP contribution is -2.64. The van der Waals surface area contributed by atoms with E-state index in [1.807, 2.05) is 152 Å². The van der Waals surface area contributed by atoms with Crippen molar-refractivity contribution in [2.75, 3.05) is 20.3 Å². The second-order valence-electron chi connectivity index (χ2n) is 15.2. The summed E-state index contributed by atoms with van der Waals surface area (Å²) in [6, 6.07) is 49.4. The molecule has 10 nitrogen and oxygen atoms in total. The van der Waals surface area contributed by atoms with Gasteiger partial charge in [0.2, 0.25) is 0 Å². The van der Waals surface area contributed by atoms with Gasteiger partial charge in [0.1, 0.15) is 36.6 Å². The highest BCUT2D eigenvalue weighted by atomic mass is 16.7. The Kier molecular flexibility index (Phi) is 14.4. The number of fused-ring (bicyclic) bond motifs is 1. The molecule has 1 aliphatic carbocycles. The number of rotatable bonds is 17. The Balaban J connectivity index is 1.10. The third-order valence-corrected chi connectivity index (χ3v) is 11.1. The number of Topliss-reactive ketones (excluding diaryl/α,β-unsaturated/α-hetero) is 1. The SMILES string of the molecule is CO[C@@H]1O[C@H](COCc2ccccc2)[C@@H](O[C@H]2C[C@@H]3CO[C@@H](c4ccccc4)O[C@H]3[C@H](OCc3ccccc3)C2=O)[C@H](OCc2ccccc2)[C@H]1OCc1ccccc1. The molecule has 0 aromatic heterocycles. The van der Waals surface area contributed by atoms with Gasteiger partial charge in [-0.2, -0.15) is 0 Å². The van der Waals surface area contributed by atoms with Crippen LogP contribution in [0.1, 0.15) is 40.5 Å². The summed E-state index contributed by atoms with van der Waals surface area (Å²) in [6.07, 6.45) is -6.48. The zero-order valence-electron chi connectivity index (χ0n) is 33.2. The molecule has 5 aromatic carbocycles. The number of methoxy groups -OCH3 is 1. The predicted octanol–water partition coefficient (Wildman–Crippen LogP) is 7.79. The van der Waals surface area contributed by atoms with E-state index in [4.69, 9.17) is 42.6 Å². The minimum Gasteiger partial charge on any atom is -0.374 e. The summed E-state index contributed by atoms with van der Waals surface area (Å²) in [5, 5.41) is 0. The van der Waals surface area contributed by atoms with Gasteiger partial charge in [-0.3, -0.25) is 4.79 Å². The molecule has 10 atom stereocenters. The summed E-state index contributed by atoms with van der Waals surface area (Å²) in [7, 11) is 1.59. The maximum atomic E-state index is 14.9. The Morgan fingerprint density at radius 2 is 1.08 bits per heavy atom. The average molecular weight is 801 g/mol. The zero-order valence-corrected chi connectivity index (χ0v) is 33.2. The van der Waals surface area contributed by atoms with E-state index in [1.165, 1.54) is 0 Å². The number of ether oxygens (including phenoxy) is 9. The second kappa shape index (κ2) is 20.6. The molecule has 0 bridgehead atoms. The van der Waals surface area contributed by atoms with Crippen LogP contribution in [0.2, 0.25) is 0 Å². The molecule has 10 heteroatoms. The van der Waals surface area contributed by atoms with E-state index in [2.05, 4.69) is 0 Å². The molecule has 0 spiro atoms. The Labute approximate surface area is 346 Å². The maximum Gasteiger partial charge on any atom is 0.192 e. The largest absolute Gasteiger partial charge is 0.374 e. The molecule has 59 heavy (non-hydrogen) atoms. The molecule has 2 heterocycles. The average Bonchev–Trinajstić information content (AvgIpc) is 3.29. The van der Waals surface area contributed by atoms with E-state index in [0.717, 1.165) is 27.8 Å². The third-order valence-electron chi connectivity index (χ3n) is 11.1. The lowest BCUT2D eigenvalue weighted by atomic mass is 9.80. The number of benzene rings is 5. The van der Waals surface area contributed by atoms with Crippen molar-refractivity contribution in [3.8, 4) is 0 Å². The summed E-state index contributed by atoms with van der Waals surface area (Å²) in [5.74, 6) is -0.409. The number of hydrogen-bond acceptors (Lipinski definition) is 10. The number of carbonyl (C=O) groups excluding carboxylic acids is 1. The van der Waals surface area contributed by atoms with Gasteiger partial charge >= 0.3 is 0 Å². The monoisotopic (exact) mass is 800 g/mol. The smallest absolute Gasteiger partial charge is 0.192 e. The van der Waals surface area contributed by atoms with Gasteiger partial charge in [-0.15, -0.1) is 0 Å². The lowest BCUT2D eigenvalue weighted by molar-refractivity contribution is -0.329. The van der Waals surface area contributed by atoms with E-state index < -0.39 is 55.3 Å². The first-order chi connectivity index (χ1) is 29.1. The summed E-state index contributed by atoms with van der Waals surface area (Å²) in [5.41, 5.74) is 4.79. The standard InChI is InChI=1S/C49H52O10/c1-51-49-47(55-31-37-23-13-5-14-24-37)46(54-30-36-21-11-4-12-22-36)44(41(58-49)33-52-28-34-17-7-2-8-18-34)57-40-27-39-32-56-48(38-25-15-6-16-26-38)59-43(39)45(42(40)50)53-29-35-19-9-3-10-20-35/h2-26,39-41,43-49H,27-33H2,1H3/t39-,40+,41-,43-,44-,45-,46+,47-,48-,49-/m1/s1. The van der Waals surface area contributed by atoms with E-state index in [1.54, 1.807) is 7.11 Å². The molecule has 0 N–H and O–H groups in total. The van der Waals surface area contributed by atoms with Crippen LogP contribution in [-0.4, -0.2) is 75.1 Å². The third kappa shape index (κ3) is 10.6. The molecule has 8 rings (SSSR count). The van der Waals surface area contributed by atoms with Gasteiger partial charge in [-0.1, -0.05) is 152 Å². The fraction of sp³-hybridized carbons (Fsp3) is 0.367. The Morgan fingerprint density at radius 1 is 0.576 bits per heavy atom. The van der Waals surface area contributed by atoms with Crippen LogP contribution in [0.5, 0.6) is 0 Å². The normalized spacial score (nSPS) is 28.2. The summed E-state index contributed by atoms with van der Waals surface area (Å²) in [4.78, 5) is 14.9. The molecule has 0 amide bonds. The Hall–Kier alpha value is -4.59. The van der Waals surface area contributed by atoms with Crippen molar-refractivity contribution in [2.24, 2.45) is 5.92 Å². The van der Waals surface area contributed by atoms with Gasteiger partial charge in [-0.05, 0) is 28.7 Å². The van der Waals surface area contributed by atoms with E-state index in [9.17, 15) is 4.79 Å². The van der Waals surface area contributed by atoms with Crippen LogP contribution in [0.15, 0.2) is 152 Å². The van der Waals surface area contributed by atoms with Gasteiger partial charge in [-0.25, -0.2) is 0 Å². The van der Waals surface area contributed by atoms with Crippen molar-refractivity contribution in [3.05, 3.63) is 179 Å². The van der Waals surface area contributed by atoms with E-state index in [-0.39, 0.29) is 38.1 Å². The van der Waals surface area contributed by atoms with Crippen LogP contribution < -0.4 is 0 Å². The number of ketones is 1. The maximum absolute atomic E-state index is 14.9. The molecule has 0 radical (unpaired) electrons. The van der Waals surface area contributed by atoms with Crippen LogP contribution in [-0.2, 0) is 73.9 Å². The topological polar surface area (TPSA) is 100 Å². The highest BCUT2D eigenvalue weighted by Crippen LogP contribution is 2.40. The van der Waals surface area contributed by atoms with Crippen molar-refractivity contribution in [1.82, 2.24) is 0 Å². The lowest BCUT2D eigenvalue weighted by Gasteiger charge is -2.49. The first-order valence-corrected chi connectivity index (χ1v) is 20.4. The summed E-state index contributed by atoms with van der Waals surface area (Å²) < 4.78 is 59.0. The van der Waals surface area contributed by atoms with Gasteiger partial charge in [0.25, 0.3) is 0 Å². The molecule has 308 valence electrons. The van der Waals surface area contributed by atoms with Gasteiger partial charge in [0, 0.05) is 18.6 Å². The minimum atomic E-state index is -0.924. The molecule has 5 aromatic rings. The molecule has 2 aliphatic heterocycles. The van der Waals surface area contributed by atoms with Crippen molar-refractivity contribution in [2.45, 2.75) is 88.2 Å².